The van der Waals surface area contributed by atoms with Gasteiger partial charge in [-0.25, -0.2) is 4.98 Å². The van der Waals surface area contributed by atoms with Gasteiger partial charge in [-0.1, -0.05) is 13.8 Å². The van der Waals surface area contributed by atoms with Crippen molar-refractivity contribution < 1.29 is 5.11 Å². The second kappa shape index (κ2) is 3.94. The molecular weight excluding hydrogens is 164 g/mol. The van der Waals surface area contributed by atoms with Gasteiger partial charge >= 0.3 is 0 Å². The lowest BCUT2D eigenvalue weighted by Gasteiger charge is -1.96. The van der Waals surface area contributed by atoms with E-state index in [0.717, 1.165) is 16.6 Å². The molecule has 0 amide bonds. The molecule has 0 saturated heterocycles. The molecule has 70 valence electrons. The van der Waals surface area contributed by atoms with Gasteiger partial charge in [0.05, 0.1) is 17.4 Å². The van der Waals surface area contributed by atoms with Crippen LogP contribution in [0.4, 0.5) is 0 Å². The first-order chi connectivity index (χ1) is 6.29. The van der Waals surface area contributed by atoms with Gasteiger partial charge in [0, 0.05) is 5.56 Å². The molecule has 1 aromatic carbocycles. The van der Waals surface area contributed by atoms with Crippen molar-refractivity contribution in [3.05, 3.63) is 24.0 Å². The lowest BCUT2D eigenvalue weighted by atomic mass is 10.2. The molecule has 13 heavy (non-hydrogen) atoms. The van der Waals surface area contributed by atoms with E-state index in [2.05, 4.69) is 9.97 Å². The minimum absolute atomic E-state index is 0.296. The van der Waals surface area contributed by atoms with Gasteiger partial charge in [0.15, 0.2) is 0 Å². The standard InChI is InChI=1S/C8H8N2O.C2H6/c1-5-7(11)3-2-6-8(5)10-4-9-6;1-2/h2-4,11H,1H3,(H,9,10);1-2H3. The van der Waals surface area contributed by atoms with E-state index < -0.39 is 0 Å². The van der Waals surface area contributed by atoms with Crippen LogP contribution in [0.3, 0.4) is 0 Å². The zero-order valence-corrected chi connectivity index (χ0v) is 8.13. The summed E-state index contributed by atoms with van der Waals surface area (Å²) in [5.74, 6) is 0.296. The first-order valence-electron chi connectivity index (χ1n) is 4.40. The van der Waals surface area contributed by atoms with Gasteiger partial charge in [0.2, 0.25) is 0 Å². The molecular formula is C10H14N2O. The molecule has 0 radical (unpaired) electrons. The highest BCUT2D eigenvalue weighted by atomic mass is 16.3. The lowest BCUT2D eigenvalue weighted by molar-refractivity contribution is 0.472. The highest BCUT2D eigenvalue weighted by Crippen LogP contribution is 2.22. The summed E-state index contributed by atoms with van der Waals surface area (Å²) in [6.07, 6.45) is 1.62. The van der Waals surface area contributed by atoms with E-state index in [1.165, 1.54) is 0 Å². The van der Waals surface area contributed by atoms with Crippen LogP contribution in [0.25, 0.3) is 11.0 Å². The number of benzene rings is 1. The van der Waals surface area contributed by atoms with E-state index in [4.69, 9.17) is 0 Å². The largest absolute Gasteiger partial charge is 0.508 e. The number of aromatic amines is 1. The minimum Gasteiger partial charge on any atom is -0.508 e. The number of phenolic OH excluding ortho intramolecular Hbond substituents is 1. The number of hydrogen-bond acceptors (Lipinski definition) is 2. The number of fused-ring (bicyclic) bond motifs is 1. The van der Waals surface area contributed by atoms with E-state index >= 15 is 0 Å². The van der Waals surface area contributed by atoms with Crippen molar-refractivity contribution >= 4 is 11.0 Å². The number of nitrogens with zero attached hydrogens (tertiary/aromatic N) is 1. The molecule has 0 aliphatic rings. The molecule has 0 aliphatic carbocycles. The van der Waals surface area contributed by atoms with Crippen LogP contribution in [0.15, 0.2) is 18.5 Å². The second-order valence-corrected chi connectivity index (χ2v) is 2.51. The highest BCUT2D eigenvalue weighted by Gasteiger charge is 2.02. The molecule has 0 unspecified atom stereocenters. The lowest BCUT2D eigenvalue weighted by Crippen LogP contribution is -1.77. The Hall–Kier alpha value is -1.51. The Balaban J connectivity index is 0.000000396. The van der Waals surface area contributed by atoms with Crippen molar-refractivity contribution in [1.29, 1.82) is 0 Å². The maximum atomic E-state index is 9.28. The van der Waals surface area contributed by atoms with Crippen LogP contribution in [0.2, 0.25) is 0 Å². The predicted molar refractivity (Wildman–Crippen MR) is 53.8 cm³/mol. The molecule has 2 aromatic rings. The molecule has 0 spiro atoms. The Bertz CT molecular complexity index is 393. The number of hydrogen-bond donors (Lipinski definition) is 2. The van der Waals surface area contributed by atoms with Crippen LogP contribution in [0, 0.1) is 6.92 Å². The fraction of sp³-hybridized carbons (Fsp3) is 0.300. The maximum absolute atomic E-state index is 9.28. The summed E-state index contributed by atoms with van der Waals surface area (Å²) in [5, 5.41) is 9.28. The number of rotatable bonds is 0. The number of H-pyrrole nitrogens is 1. The third kappa shape index (κ3) is 1.64. The first-order valence-corrected chi connectivity index (χ1v) is 4.40. The number of nitrogens with one attached hydrogen (secondary N) is 1. The van der Waals surface area contributed by atoms with Crippen LogP contribution in [-0.2, 0) is 0 Å². The molecule has 2 N–H and O–H groups in total. The van der Waals surface area contributed by atoms with Crippen molar-refractivity contribution in [1.82, 2.24) is 9.97 Å². The Morgan fingerprint density at radius 1 is 1.31 bits per heavy atom. The SMILES string of the molecule is CC.Cc1c(O)ccc2[nH]cnc12. The van der Waals surface area contributed by atoms with Gasteiger partial charge in [-0.15, -0.1) is 0 Å². The normalized spacial score (nSPS) is 9.46. The predicted octanol–water partition coefficient (Wildman–Crippen LogP) is 2.60. The van der Waals surface area contributed by atoms with Crippen molar-refractivity contribution in [2.24, 2.45) is 0 Å². The summed E-state index contributed by atoms with van der Waals surface area (Å²) in [4.78, 5) is 7.03. The molecule has 0 aliphatic heterocycles. The molecule has 1 heterocycles. The van der Waals surface area contributed by atoms with Crippen molar-refractivity contribution in [3.8, 4) is 5.75 Å². The quantitative estimate of drug-likeness (QED) is 0.651. The van der Waals surface area contributed by atoms with Gasteiger partial charge < -0.3 is 10.1 Å². The maximum Gasteiger partial charge on any atom is 0.120 e. The number of aromatic nitrogens is 2. The van der Waals surface area contributed by atoms with E-state index in [-0.39, 0.29) is 0 Å². The van der Waals surface area contributed by atoms with Gasteiger partial charge in [0.25, 0.3) is 0 Å². The van der Waals surface area contributed by atoms with Crippen LogP contribution in [0.1, 0.15) is 19.4 Å². The monoisotopic (exact) mass is 178 g/mol. The Kier molecular flexibility index (Phi) is 2.90. The van der Waals surface area contributed by atoms with Crippen molar-refractivity contribution in [2.75, 3.05) is 0 Å². The molecule has 0 saturated carbocycles. The average molecular weight is 178 g/mol. The molecule has 2 rings (SSSR count). The number of aromatic hydroxyl groups is 1. The zero-order chi connectivity index (χ0) is 9.84. The van der Waals surface area contributed by atoms with E-state index in [1.54, 1.807) is 12.4 Å². The van der Waals surface area contributed by atoms with Gasteiger partial charge in [-0.2, -0.15) is 0 Å². The molecule has 3 heteroatoms. The molecule has 0 fully saturated rings. The van der Waals surface area contributed by atoms with Crippen molar-refractivity contribution in [3.63, 3.8) is 0 Å². The minimum atomic E-state index is 0.296. The molecule has 1 aromatic heterocycles. The van der Waals surface area contributed by atoms with Gasteiger partial charge in [0.1, 0.15) is 5.75 Å². The number of aryl methyl sites for hydroxylation is 1. The number of phenols is 1. The van der Waals surface area contributed by atoms with Crippen LogP contribution < -0.4 is 0 Å². The third-order valence-electron chi connectivity index (χ3n) is 1.82. The first kappa shape index (κ1) is 9.58. The summed E-state index contributed by atoms with van der Waals surface area (Å²) in [5.41, 5.74) is 2.62. The summed E-state index contributed by atoms with van der Waals surface area (Å²) in [6.45, 7) is 5.85. The Morgan fingerprint density at radius 3 is 2.69 bits per heavy atom. The summed E-state index contributed by atoms with van der Waals surface area (Å²) >= 11 is 0. The summed E-state index contributed by atoms with van der Waals surface area (Å²) < 4.78 is 0. The van der Waals surface area contributed by atoms with Crippen molar-refractivity contribution in [2.45, 2.75) is 20.8 Å². The van der Waals surface area contributed by atoms with Crippen LogP contribution >= 0.6 is 0 Å². The fourth-order valence-electron chi connectivity index (χ4n) is 1.14. The van der Waals surface area contributed by atoms with Crippen LogP contribution in [0.5, 0.6) is 5.75 Å². The topological polar surface area (TPSA) is 48.9 Å². The Morgan fingerprint density at radius 2 is 2.00 bits per heavy atom. The van der Waals surface area contributed by atoms with Gasteiger partial charge in [-0.3, -0.25) is 0 Å². The number of imidazole rings is 1. The van der Waals surface area contributed by atoms with E-state index in [1.807, 2.05) is 26.8 Å². The van der Waals surface area contributed by atoms with Crippen LogP contribution in [-0.4, -0.2) is 15.1 Å². The van der Waals surface area contributed by atoms with E-state index in [0.29, 0.717) is 5.75 Å². The fourth-order valence-corrected chi connectivity index (χ4v) is 1.14. The summed E-state index contributed by atoms with van der Waals surface area (Å²) in [6, 6.07) is 3.47. The average Bonchev–Trinajstić information content (AvgIpc) is 2.63. The van der Waals surface area contributed by atoms with Gasteiger partial charge in [-0.05, 0) is 19.1 Å². The smallest absolute Gasteiger partial charge is 0.120 e. The molecule has 3 nitrogen and oxygen atoms in total. The van der Waals surface area contributed by atoms with E-state index in [9.17, 15) is 5.11 Å². The molecule has 0 atom stereocenters. The summed E-state index contributed by atoms with van der Waals surface area (Å²) in [7, 11) is 0. The second-order valence-electron chi connectivity index (χ2n) is 2.51. The molecule has 0 bridgehead atoms. The highest BCUT2D eigenvalue weighted by molar-refractivity contribution is 5.80. The third-order valence-corrected chi connectivity index (χ3v) is 1.82. The Labute approximate surface area is 77.4 Å². The zero-order valence-electron chi connectivity index (χ0n) is 8.13.